The van der Waals surface area contributed by atoms with Gasteiger partial charge in [-0.1, -0.05) is 97.1 Å². The van der Waals surface area contributed by atoms with Gasteiger partial charge in [-0.25, -0.2) is 4.79 Å². The van der Waals surface area contributed by atoms with Crippen molar-refractivity contribution in [3.8, 4) is 5.75 Å². The van der Waals surface area contributed by atoms with E-state index < -0.39 is 12.0 Å². The number of aliphatic carboxylic acids is 1. The van der Waals surface area contributed by atoms with Crippen molar-refractivity contribution in [3.05, 3.63) is 161 Å². The maximum absolute atomic E-state index is 13.1. The molecule has 44 heavy (non-hydrogen) atoms. The number of carbonyl (C=O) groups excluding carboxylic acids is 1. The van der Waals surface area contributed by atoms with E-state index in [0.717, 1.165) is 23.5 Å². The minimum Gasteiger partial charge on any atom is -0.492 e. The molecule has 0 aliphatic carbocycles. The predicted molar refractivity (Wildman–Crippen MR) is 176 cm³/mol. The molecule has 0 spiro atoms. The van der Waals surface area contributed by atoms with E-state index in [2.05, 4.69) is 53.5 Å². The third-order valence-corrected chi connectivity index (χ3v) is 7.57. The Bertz CT molecular complexity index is 1670. The first-order valence-electron chi connectivity index (χ1n) is 14.7. The largest absolute Gasteiger partial charge is 0.492 e. The summed E-state index contributed by atoms with van der Waals surface area (Å²) < 4.78 is 6.10. The van der Waals surface area contributed by atoms with Crippen LogP contribution >= 0.6 is 0 Å². The first-order chi connectivity index (χ1) is 21.5. The van der Waals surface area contributed by atoms with Crippen LogP contribution in [0.1, 0.15) is 32.6 Å². The second-order valence-electron chi connectivity index (χ2n) is 10.7. The van der Waals surface area contributed by atoms with Crippen LogP contribution in [0.5, 0.6) is 5.75 Å². The van der Waals surface area contributed by atoms with Crippen molar-refractivity contribution in [2.75, 3.05) is 23.4 Å². The van der Waals surface area contributed by atoms with E-state index in [1.54, 1.807) is 36.4 Å². The van der Waals surface area contributed by atoms with E-state index >= 15 is 0 Å². The normalized spacial score (nSPS) is 11.4. The van der Waals surface area contributed by atoms with Gasteiger partial charge in [-0.3, -0.25) is 4.79 Å². The molecule has 0 heterocycles. The number of carboxylic acids is 1. The number of aryl methyl sites for hydroxylation is 1. The number of carbonyl (C=O) groups is 2. The molecule has 0 radical (unpaired) electrons. The highest BCUT2D eigenvalue weighted by atomic mass is 16.5. The molecule has 0 unspecified atom stereocenters. The second-order valence-corrected chi connectivity index (χ2v) is 10.7. The second kappa shape index (κ2) is 14.7. The lowest BCUT2D eigenvalue weighted by atomic mass is 10.00. The van der Waals surface area contributed by atoms with Gasteiger partial charge in [0.2, 0.25) is 0 Å². The third-order valence-electron chi connectivity index (χ3n) is 7.57. The summed E-state index contributed by atoms with van der Waals surface area (Å²) in [5.41, 5.74) is 5.97. The molecule has 0 aromatic heterocycles. The molecule has 0 aliphatic rings. The van der Waals surface area contributed by atoms with Gasteiger partial charge in [0.25, 0.3) is 0 Å². The van der Waals surface area contributed by atoms with E-state index in [1.807, 2.05) is 60.7 Å². The van der Waals surface area contributed by atoms with Crippen molar-refractivity contribution >= 4 is 23.1 Å². The molecule has 0 saturated carbocycles. The van der Waals surface area contributed by atoms with Crippen LogP contribution in [0.2, 0.25) is 0 Å². The highest BCUT2D eigenvalue weighted by Crippen LogP contribution is 2.23. The maximum Gasteiger partial charge on any atom is 0.326 e. The van der Waals surface area contributed by atoms with Gasteiger partial charge in [-0.15, -0.1) is 0 Å². The minimum absolute atomic E-state index is 0.163. The molecule has 0 bridgehead atoms. The van der Waals surface area contributed by atoms with Gasteiger partial charge in [-0.2, -0.15) is 0 Å². The average molecular weight is 585 g/mol. The average Bonchev–Trinajstić information content (AvgIpc) is 3.06. The number of benzene rings is 5. The number of ketones is 1. The molecule has 6 heteroatoms. The molecule has 0 fully saturated rings. The summed E-state index contributed by atoms with van der Waals surface area (Å²) in [5, 5.41) is 13.1. The Hall–Kier alpha value is -5.36. The number of hydrogen-bond donors (Lipinski definition) is 2. The van der Waals surface area contributed by atoms with Crippen molar-refractivity contribution in [2.45, 2.75) is 25.9 Å². The Morgan fingerprint density at radius 2 is 1.41 bits per heavy atom. The van der Waals surface area contributed by atoms with Gasteiger partial charge >= 0.3 is 5.97 Å². The SMILES string of the molecule is Cc1ccccc1CN(CCOc1ccc(C[C@H](Nc2ccccc2C(=O)c2ccccc2)C(=O)O)cc1)c1ccccc1. The van der Waals surface area contributed by atoms with Crippen LogP contribution in [0.25, 0.3) is 0 Å². The third kappa shape index (κ3) is 7.92. The Morgan fingerprint density at radius 1 is 0.773 bits per heavy atom. The van der Waals surface area contributed by atoms with Gasteiger partial charge in [0, 0.05) is 35.5 Å². The molecule has 0 saturated heterocycles. The predicted octanol–water partition coefficient (Wildman–Crippen LogP) is 7.42. The summed E-state index contributed by atoms with van der Waals surface area (Å²) in [6.07, 6.45) is 0.238. The highest BCUT2D eigenvalue weighted by molar-refractivity contribution is 6.12. The smallest absolute Gasteiger partial charge is 0.326 e. The number of anilines is 2. The first kappa shape index (κ1) is 30.1. The lowest BCUT2D eigenvalue weighted by Gasteiger charge is -2.26. The summed E-state index contributed by atoms with van der Waals surface area (Å²) in [6, 6.07) is 41.3. The molecule has 5 aromatic carbocycles. The number of nitrogens with zero attached hydrogens (tertiary/aromatic N) is 1. The van der Waals surface area contributed by atoms with Gasteiger partial charge < -0.3 is 20.1 Å². The number of hydrogen-bond acceptors (Lipinski definition) is 5. The van der Waals surface area contributed by atoms with Gasteiger partial charge in [0.05, 0.1) is 6.54 Å². The molecule has 5 aromatic rings. The Balaban J connectivity index is 1.21. The summed E-state index contributed by atoms with van der Waals surface area (Å²) in [5.74, 6) is -0.442. The zero-order chi connectivity index (χ0) is 30.7. The number of para-hydroxylation sites is 2. The fraction of sp³-hybridized carbons (Fsp3) is 0.158. The van der Waals surface area contributed by atoms with Crippen LogP contribution in [0.4, 0.5) is 11.4 Å². The van der Waals surface area contributed by atoms with Crippen molar-refractivity contribution in [1.82, 2.24) is 0 Å². The number of nitrogens with one attached hydrogen (secondary N) is 1. The molecule has 5 rings (SSSR count). The van der Waals surface area contributed by atoms with E-state index in [1.165, 1.54) is 11.1 Å². The molecule has 222 valence electrons. The van der Waals surface area contributed by atoms with Crippen molar-refractivity contribution in [2.24, 2.45) is 0 Å². The maximum atomic E-state index is 13.1. The summed E-state index contributed by atoms with van der Waals surface area (Å²) >= 11 is 0. The zero-order valence-corrected chi connectivity index (χ0v) is 24.7. The lowest BCUT2D eigenvalue weighted by molar-refractivity contribution is -0.137. The molecular weight excluding hydrogens is 548 g/mol. The van der Waals surface area contributed by atoms with Gasteiger partial charge in [-0.05, 0) is 60.0 Å². The molecule has 2 N–H and O–H groups in total. The monoisotopic (exact) mass is 584 g/mol. The Labute approximate surface area is 258 Å². The minimum atomic E-state index is -0.998. The van der Waals surface area contributed by atoms with Crippen molar-refractivity contribution in [1.29, 1.82) is 0 Å². The van der Waals surface area contributed by atoms with E-state index in [9.17, 15) is 14.7 Å². The number of rotatable bonds is 14. The Kier molecular flexibility index (Phi) is 10.1. The number of carboxylic acid groups (broad SMARTS) is 1. The first-order valence-corrected chi connectivity index (χ1v) is 14.7. The van der Waals surface area contributed by atoms with Crippen molar-refractivity contribution in [3.63, 3.8) is 0 Å². The summed E-state index contributed by atoms with van der Waals surface area (Å²) in [6.45, 7) is 4.10. The van der Waals surface area contributed by atoms with Crippen LogP contribution in [0, 0.1) is 6.92 Å². The van der Waals surface area contributed by atoms with Crippen LogP contribution < -0.4 is 15.0 Å². The zero-order valence-electron chi connectivity index (χ0n) is 24.7. The molecular formula is C38H36N2O4. The van der Waals surface area contributed by atoms with Gasteiger partial charge in [0.15, 0.2) is 5.78 Å². The highest BCUT2D eigenvalue weighted by Gasteiger charge is 2.21. The van der Waals surface area contributed by atoms with E-state index in [-0.39, 0.29) is 12.2 Å². The lowest BCUT2D eigenvalue weighted by Crippen LogP contribution is -2.32. The standard InChI is InChI=1S/C38H36N2O4/c1-28-12-8-9-15-31(28)27-40(32-16-6-3-7-17-32)24-25-44-33-22-20-29(21-23-33)26-36(38(42)43)39-35-19-11-10-18-34(35)37(41)30-13-4-2-5-14-30/h2-23,36,39H,24-27H2,1H3,(H,42,43)/t36-/m0/s1. The van der Waals surface area contributed by atoms with E-state index in [0.29, 0.717) is 30.0 Å². The Morgan fingerprint density at radius 3 is 2.11 bits per heavy atom. The van der Waals surface area contributed by atoms with Crippen LogP contribution in [0.15, 0.2) is 133 Å². The van der Waals surface area contributed by atoms with Crippen molar-refractivity contribution < 1.29 is 19.4 Å². The van der Waals surface area contributed by atoms with E-state index in [4.69, 9.17) is 4.74 Å². The molecule has 0 aliphatic heterocycles. The fourth-order valence-corrected chi connectivity index (χ4v) is 5.10. The molecule has 1 atom stereocenters. The fourth-order valence-electron chi connectivity index (χ4n) is 5.10. The van der Waals surface area contributed by atoms with Crippen LogP contribution in [0.3, 0.4) is 0 Å². The molecule has 0 amide bonds. The number of ether oxygens (including phenoxy) is 1. The topological polar surface area (TPSA) is 78.9 Å². The summed E-state index contributed by atoms with van der Waals surface area (Å²) in [4.78, 5) is 27.7. The van der Waals surface area contributed by atoms with Crippen LogP contribution in [-0.2, 0) is 17.8 Å². The van der Waals surface area contributed by atoms with Gasteiger partial charge in [0.1, 0.15) is 18.4 Å². The quantitative estimate of drug-likeness (QED) is 0.132. The van der Waals surface area contributed by atoms with Crippen LogP contribution in [-0.4, -0.2) is 36.1 Å². The summed E-state index contributed by atoms with van der Waals surface area (Å²) in [7, 11) is 0. The molecule has 6 nitrogen and oxygen atoms in total.